The lowest BCUT2D eigenvalue weighted by molar-refractivity contribution is 0.454. The summed E-state index contributed by atoms with van der Waals surface area (Å²) in [6.07, 6.45) is 2.54. The molecule has 0 radical (unpaired) electrons. The Morgan fingerprint density at radius 3 is 2.86 bits per heavy atom. The van der Waals surface area contributed by atoms with Crippen LogP contribution in [-0.4, -0.2) is 0 Å². The van der Waals surface area contributed by atoms with Crippen LogP contribution in [-0.2, 0) is 13.0 Å². The third kappa shape index (κ3) is 1.66. The molecule has 78 valence electrons. The molecule has 1 aliphatic rings. The summed E-state index contributed by atoms with van der Waals surface area (Å²) in [6.45, 7) is 5.34. The van der Waals surface area contributed by atoms with Crippen LogP contribution in [0.15, 0.2) is 3.79 Å². The van der Waals surface area contributed by atoms with E-state index in [1.807, 2.05) is 11.3 Å². The van der Waals surface area contributed by atoms with Crippen LogP contribution < -0.4 is 5.73 Å². The summed E-state index contributed by atoms with van der Waals surface area (Å²) >= 11 is 5.51. The number of nitrogens with two attached hydrogens (primary N) is 1. The quantitative estimate of drug-likeness (QED) is 0.831. The predicted octanol–water partition coefficient (Wildman–Crippen LogP) is 3.66. The Kier molecular flexibility index (Phi) is 3.01. The van der Waals surface area contributed by atoms with Crippen LogP contribution in [0.1, 0.15) is 42.2 Å². The number of hydrogen-bond acceptors (Lipinski definition) is 2. The van der Waals surface area contributed by atoms with Crippen LogP contribution >= 0.6 is 27.3 Å². The lowest BCUT2D eigenvalue weighted by atomic mass is 9.82. The van der Waals surface area contributed by atoms with Gasteiger partial charge in [0.2, 0.25) is 0 Å². The number of fused-ring (bicyclic) bond motifs is 1. The molecular formula is C11H16BrNS. The fourth-order valence-electron chi connectivity index (χ4n) is 2.45. The van der Waals surface area contributed by atoms with Crippen molar-refractivity contribution in [3.8, 4) is 0 Å². The van der Waals surface area contributed by atoms with E-state index in [4.69, 9.17) is 5.73 Å². The molecule has 1 aromatic heterocycles. The zero-order valence-corrected chi connectivity index (χ0v) is 11.0. The van der Waals surface area contributed by atoms with Crippen molar-refractivity contribution < 1.29 is 0 Å². The second-order valence-electron chi connectivity index (χ2n) is 4.35. The molecule has 0 aliphatic heterocycles. The molecule has 1 aliphatic carbocycles. The first kappa shape index (κ1) is 10.7. The van der Waals surface area contributed by atoms with E-state index in [2.05, 4.69) is 29.8 Å². The van der Waals surface area contributed by atoms with Crippen LogP contribution in [0.3, 0.4) is 0 Å². The largest absolute Gasteiger partial charge is 0.326 e. The molecule has 1 heterocycles. The first-order valence-electron chi connectivity index (χ1n) is 5.13. The highest BCUT2D eigenvalue weighted by atomic mass is 79.9. The Labute approximate surface area is 97.8 Å². The second kappa shape index (κ2) is 3.95. The third-order valence-corrected chi connectivity index (χ3v) is 5.32. The van der Waals surface area contributed by atoms with E-state index >= 15 is 0 Å². The molecule has 0 saturated carbocycles. The molecule has 3 heteroatoms. The molecular weight excluding hydrogens is 258 g/mol. The van der Waals surface area contributed by atoms with Crippen LogP contribution in [0, 0.1) is 5.92 Å². The maximum absolute atomic E-state index is 5.79. The van der Waals surface area contributed by atoms with Crippen molar-refractivity contribution in [3.63, 3.8) is 0 Å². The van der Waals surface area contributed by atoms with Crippen molar-refractivity contribution in [2.45, 2.75) is 39.2 Å². The summed E-state index contributed by atoms with van der Waals surface area (Å²) in [5, 5.41) is 0. The van der Waals surface area contributed by atoms with Gasteiger partial charge in [-0.15, -0.1) is 11.3 Å². The lowest BCUT2D eigenvalue weighted by Gasteiger charge is -2.24. The van der Waals surface area contributed by atoms with Gasteiger partial charge < -0.3 is 5.73 Å². The first-order valence-corrected chi connectivity index (χ1v) is 6.74. The van der Waals surface area contributed by atoms with Gasteiger partial charge in [-0.2, -0.15) is 0 Å². The Bertz CT molecular complexity index is 345. The first-order chi connectivity index (χ1) is 6.63. The molecule has 0 bridgehead atoms. The van der Waals surface area contributed by atoms with E-state index in [1.54, 1.807) is 4.88 Å². The minimum Gasteiger partial charge on any atom is -0.326 e. The van der Waals surface area contributed by atoms with Crippen molar-refractivity contribution in [2.24, 2.45) is 11.7 Å². The van der Waals surface area contributed by atoms with Crippen molar-refractivity contribution in [1.82, 2.24) is 0 Å². The third-order valence-electron chi connectivity index (χ3n) is 3.06. The van der Waals surface area contributed by atoms with Gasteiger partial charge in [-0.25, -0.2) is 0 Å². The lowest BCUT2D eigenvalue weighted by Crippen LogP contribution is -2.14. The molecule has 2 N–H and O–H groups in total. The molecule has 14 heavy (non-hydrogen) atoms. The van der Waals surface area contributed by atoms with E-state index < -0.39 is 0 Å². The van der Waals surface area contributed by atoms with Crippen molar-refractivity contribution >= 4 is 27.3 Å². The highest BCUT2D eigenvalue weighted by Gasteiger charge is 2.26. The fourth-order valence-corrected chi connectivity index (χ4v) is 4.53. The van der Waals surface area contributed by atoms with Gasteiger partial charge in [0.05, 0.1) is 3.79 Å². The molecule has 1 aromatic rings. The summed E-state index contributed by atoms with van der Waals surface area (Å²) in [5.74, 6) is 1.53. The Morgan fingerprint density at radius 2 is 2.21 bits per heavy atom. The molecule has 1 nitrogen and oxygen atoms in total. The molecule has 2 rings (SSSR count). The maximum atomic E-state index is 5.79. The summed E-state index contributed by atoms with van der Waals surface area (Å²) in [4.78, 5) is 1.57. The highest BCUT2D eigenvalue weighted by molar-refractivity contribution is 9.11. The minimum absolute atomic E-state index is 0.672. The normalized spacial score (nSPS) is 26.3. The van der Waals surface area contributed by atoms with E-state index in [-0.39, 0.29) is 0 Å². The fraction of sp³-hybridized carbons (Fsp3) is 0.636. The van der Waals surface area contributed by atoms with Gasteiger partial charge in [-0.1, -0.05) is 13.8 Å². The van der Waals surface area contributed by atoms with Gasteiger partial charge >= 0.3 is 0 Å². The van der Waals surface area contributed by atoms with Crippen LogP contribution in [0.4, 0.5) is 0 Å². The zero-order valence-electron chi connectivity index (χ0n) is 8.64. The molecule has 0 saturated heterocycles. The van der Waals surface area contributed by atoms with Gasteiger partial charge in [0.15, 0.2) is 0 Å². The molecule has 0 aromatic carbocycles. The number of thiophene rings is 1. The van der Waals surface area contributed by atoms with E-state index in [1.165, 1.54) is 27.8 Å². The van der Waals surface area contributed by atoms with Gasteiger partial charge in [0.1, 0.15) is 0 Å². The van der Waals surface area contributed by atoms with Crippen molar-refractivity contribution in [2.75, 3.05) is 0 Å². The Hall–Kier alpha value is 0.140. The predicted molar refractivity (Wildman–Crippen MR) is 65.8 cm³/mol. The molecule has 0 spiro atoms. The molecule has 2 atom stereocenters. The van der Waals surface area contributed by atoms with Crippen LogP contribution in [0.5, 0.6) is 0 Å². The maximum Gasteiger partial charge on any atom is 0.0749 e. The van der Waals surface area contributed by atoms with E-state index in [0.29, 0.717) is 6.54 Å². The van der Waals surface area contributed by atoms with Crippen molar-refractivity contribution in [3.05, 3.63) is 19.8 Å². The minimum atomic E-state index is 0.672. The van der Waals surface area contributed by atoms with Gasteiger partial charge in [-0.3, -0.25) is 0 Å². The molecule has 2 unspecified atom stereocenters. The summed E-state index contributed by atoms with van der Waals surface area (Å²) in [5.41, 5.74) is 8.67. The van der Waals surface area contributed by atoms with Crippen molar-refractivity contribution in [1.29, 1.82) is 0 Å². The SMILES string of the molecule is CC1Cc2c(sc(Br)c2CN)C(C)C1. The summed E-state index contributed by atoms with van der Waals surface area (Å²) in [7, 11) is 0. The number of halogens is 1. The average Bonchev–Trinajstić information content (AvgIpc) is 2.41. The second-order valence-corrected chi connectivity index (χ2v) is 6.72. The highest BCUT2D eigenvalue weighted by Crippen LogP contribution is 2.44. The van der Waals surface area contributed by atoms with E-state index in [0.717, 1.165) is 11.8 Å². The van der Waals surface area contributed by atoms with E-state index in [9.17, 15) is 0 Å². The average molecular weight is 274 g/mol. The molecule has 0 fully saturated rings. The summed E-state index contributed by atoms with van der Waals surface area (Å²) in [6, 6.07) is 0. The summed E-state index contributed by atoms with van der Waals surface area (Å²) < 4.78 is 1.26. The Morgan fingerprint density at radius 1 is 1.50 bits per heavy atom. The monoisotopic (exact) mass is 273 g/mol. The Balaban J connectivity index is 2.48. The zero-order chi connectivity index (χ0) is 10.3. The number of rotatable bonds is 1. The smallest absolute Gasteiger partial charge is 0.0749 e. The van der Waals surface area contributed by atoms with Gasteiger partial charge in [0.25, 0.3) is 0 Å². The standard InChI is InChI=1S/C11H16BrNS/c1-6-3-7(2)10-8(4-6)9(5-13)11(12)14-10/h6-7H,3-5,13H2,1-2H3. The molecule has 0 amide bonds. The van der Waals surface area contributed by atoms with Crippen LogP contribution in [0.25, 0.3) is 0 Å². The van der Waals surface area contributed by atoms with Gasteiger partial charge in [-0.05, 0) is 51.7 Å². The van der Waals surface area contributed by atoms with Crippen LogP contribution in [0.2, 0.25) is 0 Å². The topological polar surface area (TPSA) is 26.0 Å². The van der Waals surface area contributed by atoms with Gasteiger partial charge in [0, 0.05) is 11.4 Å². The number of hydrogen-bond donors (Lipinski definition) is 1.